The van der Waals surface area contributed by atoms with Crippen molar-refractivity contribution in [2.75, 3.05) is 10.6 Å². The van der Waals surface area contributed by atoms with Crippen molar-refractivity contribution in [3.8, 4) is 0 Å². The lowest BCUT2D eigenvalue weighted by Crippen LogP contribution is -2.20. The highest BCUT2D eigenvalue weighted by molar-refractivity contribution is 6.30. The number of carbonyl (C=O) groups excluding carboxylic acids is 1. The van der Waals surface area contributed by atoms with E-state index in [0.717, 1.165) is 27.7 Å². The molecule has 0 atom stereocenters. The van der Waals surface area contributed by atoms with E-state index in [-0.39, 0.29) is 6.03 Å². The molecule has 3 rings (SSSR count). The molecule has 0 unspecified atom stereocenters. The quantitative estimate of drug-likeness (QED) is 0.649. The molecule has 0 saturated heterocycles. The summed E-state index contributed by atoms with van der Waals surface area (Å²) in [5.74, 6) is 0. The van der Waals surface area contributed by atoms with Gasteiger partial charge in [-0.05, 0) is 42.1 Å². The van der Waals surface area contributed by atoms with Gasteiger partial charge in [-0.25, -0.2) is 4.79 Å². The van der Waals surface area contributed by atoms with Crippen LogP contribution in [0.3, 0.4) is 0 Å². The monoisotopic (exact) mass is 310 g/mol. The smallest absolute Gasteiger partial charge is 0.307 e. The molecule has 0 saturated carbocycles. The number of hydrogen-bond donors (Lipinski definition) is 2. The first-order chi connectivity index (χ1) is 10.6. The number of nitrogens with one attached hydrogen (secondary N) is 2. The Labute approximate surface area is 133 Å². The lowest BCUT2D eigenvalue weighted by Gasteiger charge is -2.12. The number of fused-ring (bicyclic) bond motifs is 1. The molecule has 0 fully saturated rings. The van der Waals surface area contributed by atoms with E-state index in [9.17, 15) is 4.79 Å². The predicted octanol–water partition coefficient (Wildman–Crippen LogP) is 5.45. The largest absolute Gasteiger partial charge is 0.323 e. The summed E-state index contributed by atoms with van der Waals surface area (Å²) in [5, 5.41) is 8.48. The number of benzene rings is 3. The average Bonchev–Trinajstić information content (AvgIpc) is 2.50. The maximum absolute atomic E-state index is 12.2. The molecule has 3 aromatic rings. The number of amides is 2. The molecule has 3 aromatic carbocycles. The normalized spacial score (nSPS) is 10.5. The molecule has 110 valence electrons. The van der Waals surface area contributed by atoms with Gasteiger partial charge in [-0.15, -0.1) is 0 Å². The van der Waals surface area contributed by atoms with Gasteiger partial charge in [-0.2, -0.15) is 0 Å². The van der Waals surface area contributed by atoms with Crippen LogP contribution in [-0.2, 0) is 0 Å². The van der Waals surface area contributed by atoms with Gasteiger partial charge in [0, 0.05) is 16.1 Å². The van der Waals surface area contributed by atoms with Crippen LogP contribution in [0.15, 0.2) is 60.7 Å². The van der Waals surface area contributed by atoms with Crippen LogP contribution in [0.25, 0.3) is 10.8 Å². The Hall–Kier alpha value is -2.52. The molecule has 0 bridgehead atoms. The zero-order valence-corrected chi connectivity index (χ0v) is 12.8. The third-order valence-corrected chi connectivity index (χ3v) is 3.71. The van der Waals surface area contributed by atoms with Crippen molar-refractivity contribution in [3.05, 3.63) is 71.2 Å². The van der Waals surface area contributed by atoms with Gasteiger partial charge < -0.3 is 10.6 Å². The lowest BCUT2D eigenvalue weighted by molar-refractivity contribution is 0.262. The fourth-order valence-corrected chi connectivity index (χ4v) is 2.60. The summed E-state index contributed by atoms with van der Waals surface area (Å²) in [6, 6.07) is 18.8. The first-order valence-electron chi connectivity index (χ1n) is 6.95. The van der Waals surface area contributed by atoms with Crippen LogP contribution >= 0.6 is 11.6 Å². The second-order valence-electron chi connectivity index (χ2n) is 5.07. The van der Waals surface area contributed by atoms with Crippen LogP contribution in [0.2, 0.25) is 5.02 Å². The van der Waals surface area contributed by atoms with E-state index in [1.165, 1.54) is 0 Å². The van der Waals surface area contributed by atoms with E-state index in [0.29, 0.717) is 5.02 Å². The summed E-state index contributed by atoms with van der Waals surface area (Å²) in [4.78, 5) is 12.2. The Kier molecular flexibility index (Phi) is 3.98. The van der Waals surface area contributed by atoms with Crippen molar-refractivity contribution in [1.29, 1.82) is 0 Å². The van der Waals surface area contributed by atoms with Gasteiger partial charge in [0.1, 0.15) is 0 Å². The van der Waals surface area contributed by atoms with Crippen LogP contribution in [0.1, 0.15) is 5.56 Å². The minimum Gasteiger partial charge on any atom is -0.307 e. The van der Waals surface area contributed by atoms with E-state index in [1.54, 1.807) is 12.1 Å². The Morgan fingerprint density at radius 1 is 0.909 bits per heavy atom. The van der Waals surface area contributed by atoms with Crippen LogP contribution < -0.4 is 10.6 Å². The SMILES string of the molecule is Cc1cc(Cl)ccc1NC(=O)Nc1cccc2ccccc12. The molecule has 0 aromatic heterocycles. The standard InChI is InChI=1S/C18H15ClN2O/c1-12-11-14(19)9-10-16(12)20-18(22)21-17-8-4-6-13-5-2-3-7-15(13)17/h2-11H,1H3,(H2,20,21,22). The van der Waals surface area contributed by atoms with Gasteiger partial charge in [0.15, 0.2) is 0 Å². The molecule has 22 heavy (non-hydrogen) atoms. The Morgan fingerprint density at radius 2 is 1.64 bits per heavy atom. The molecule has 4 heteroatoms. The molecule has 3 nitrogen and oxygen atoms in total. The average molecular weight is 311 g/mol. The van der Waals surface area contributed by atoms with Crippen molar-refractivity contribution in [2.24, 2.45) is 0 Å². The fourth-order valence-electron chi connectivity index (χ4n) is 2.38. The summed E-state index contributed by atoms with van der Waals surface area (Å²) < 4.78 is 0. The van der Waals surface area contributed by atoms with Crippen molar-refractivity contribution < 1.29 is 4.79 Å². The summed E-state index contributed by atoms with van der Waals surface area (Å²) >= 11 is 5.92. The number of hydrogen-bond acceptors (Lipinski definition) is 1. The second kappa shape index (κ2) is 6.08. The highest BCUT2D eigenvalue weighted by Gasteiger charge is 2.07. The highest BCUT2D eigenvalue weighted by atomic mass is 35.5. The van der Waals surface area contributed by atoms with Crippen molar-refractivity contribution in [3.63, 3.8) is 0 Å². The zero-order chi connectivity index (χ0) is 15.5. The summed E-state index contributed by atoms with van der Waals surface area (Å²) in [7, 11) is 0. The topological polar surface area (TPSA) is 41.1 Å². The zero-order valence-electron chi connectivity index (χ0n) is 12.1. The summed E-state index contributed by atoms with van der Waals surface area (Å²) in [6.07, 6.45) is 0. The number of urea groups is 1. The molecule has 0 aliphatic carbocycles. The van der Waals surface area contributed by atoms with Gasteiger partial charge in [0.2, 0.25) is 0 Å². The molecular formula is C18H15ClN2O. The summed E-state index contributed by atoms with van der Waals surface area (Å²) in [5.41, 5.74) is 2.44. The van der Waals surface area contributed by atoms with E-state index in [1.807, 2.05) is 55.5 Å². The van der Waals surface area contributed by atoms with E-state index in [2.05, 4.69) is 10.6 Å². The lowest BCUT2D eigenvalue weighted by atomic mass is 10.1. The number of aryl methyl sites for hydroxylation is 1. The van der Waals surface area contributed by atoms with E-state index in [4.69, 9.17) is 11.6 Å². The molecule has 0 aliphatic heterocycles. The molecule has 0 spiro atoms. The Morgan fingerprint density at radius 3 is 2.45 bits per heavy atom. The van der Waals surface area contributed by atoms with E-state index < -0.39 is 0 Å². The van der Waals surface area contributed by atoms with Crippen LogP contribution in [0.4, 0.5) is 16.2 Å². The first kappa shape index (κ1) is 14.4. The number of carbonyl (C=O) groups is 1. The van der Waals surface area contributed by atoms with Gasteiger partial charge in [0.05, 0.1) is 5.69 Å². The molecular weight excluding hydrogens is 296 g/mol. The van der Waals surface area contributed by atoms with Crippen molar-refractivity contribution >= 4 is 39.8 Å². The van der Waals surface area contributed by atoms with Gasteiger partial charge in [-0.1, -0.05) is 48.0 Å². The van der Waals surface area contributed by atoms with Crippen molar-refractivity contribution in [1.82, 2.24) is 0 Å². The van der Waals surface area contributed by atoms with Gasteiger partial charge in [-0.3, -0.25) is 0 Å². The van der Waals surface area contributed by atoms with Crippen molar-refractivity contribution in [2.45, 2.75) is 6.92 Å². The third-order valence-electron chi connectivity index (χ3n) is 3.47. The maximum atomic E-state index is 12.2. The third kappa shape index (κ3) is 3.05. The molecule has 2 N–H and O–H groups in total. The Balaban J connectivity index is 1.81. The Bertz CT molecular complexity index is 840. The highest BCUT2D eigenvalue weighted by Crippen LogP contribution is 2.24. The second-order valence-corrected chi connectivity index (χ2v) is 5.50. The van der Waals surface area contributed by atoms with Crippen LogP contribution in [0, 0.1) is 6.92 Å². The predicted molar refractivity (Wildman–Crippen MR) is 92.8 cm³/mol. The molecule has 2 amide bonds. The minimum absolute atomic E-state index is 0.276. The molecule has 0 heterocycles. The molecule has 0 radical (unpaired) electrons. The van der Waals surface area contributed by atoms with Crippen LogP contribution in [-0.4, -0.2) is 6.03 Å². The summed E-state index contributed by atoms with van der Waals surface area (Å²) in [6.45, 7) is 1.90. The fraction of sp³-hybridized carbons (Fsp3) is 0.0556. The van der Waals surface area contributed by atoms with E-state index >= 15 is 0 Å². The number of halogens is 1. The molecule has 0 aliphatic rings. The maximum Gasteiger partial charge on any atom is 0.323 e. The van der Waals surface area contributed by atoms with Gasteiger partial charge in [0.25, 0.3) is 0 Å². The number of rotatable bonds is 2. The van der Waals surface area contributed by atoms with Gasteiger partial charge >= 0.3 is 6.03 Å². The minimum atomic E-state index is -0.276. The number of anilines is 2. The van der Waals surface area contributed by atoms with Crippen LogP contribution in [0.5, 0.6) is 0 Å². The first-order valence-corrected chi connectivity index (χ1v) is 7.33.